The third-order valence-electron chi connectivity index (χ3n) is 3.82. The Labute approximate surface area is 97.9 Å². The Morgan fingerprint density at radius 2 is 2.00 bits per heavy atom. The van der Waals surface area contributed by atoms with Crippen LogP contribution < -0.4 is 0 Å². The zero-order chi connectivity index (χ0) is 11.8. The van der Waals surface area contributed by atoms with Gasteiger partial charge in [0.15, 0.2) is 0 Å². The lowest BCUT2D eigenvalue weighted by Crippen LogP contribution is -2.39. The monoisotopic (exact) mass is 219 g/mol. The molecule has 2 rings (SSSR count). The lowest BCUT2D eigenvalue weighted by Gasteiger charge is -2.37. The van der Waals surface area contributed by atoms with E-state index in [1.54, 1.807) is 6.07 Å². The van der Waals surface area contributed by atoms with Crippen molar-refractivity contribution in [2.24, 2.45) is 0 Å². The van der Waals surface area contributed by atoms with Crippen LogP contribution in [0.3, 0.4) is 0 Å². The first-order valence-corrected chi connectivity index (χ1v) is 6.07. The van der Waals surface area contributed by atoms with Crippen molar-refractivity contribution in [1.29, 1.82) is 0 Å². The molecule has 0 aromatic heterocycles. The predicted octanol–water partition coefficient (Wildman–Crippen LogP) is 3.33. The maximum Gasteiger partial charge on any atom is 0.120 e. The molecule has 1 atom stereocenters. The van der Waals surface area contributed by atoms with Crippen molar-refractivity contribution in [3.8, 4) is 5.75 Å². The average Bonchev–Trinajstić information content (AvgIpc) is 2.58. The maximum atomic E-state index is 9.88. The molecule has 2 nitrogen and oxygen atoms in total. The fourth-order valence-electron chi connectivity index (χ4n) is 2.85. The minimum absolute atomic E-state index is 0.252. The number of nitrogens with zero attached hydrogens (tertiary/aromatic N) is 1. The van der Waals surface area contributed by atoms with Crippen molar-refractivity contribution >= 4 is 0 Å². The van der Waals surface area contributed by atoms with E-state index in [1.807, 2.05) is 18.2 Å². The van der Waals surface area contributed by atoms with Gasteiger partial charge in [-0.2, -0.15) is 0 Å². The smallest absolute Gasteiger partial charge is 0.120 e. The minimum atomic E-state index is 0.252. The molecule has 1 saturated heterocycles. The number of aromatic hydroxyl groups is 1. The maximum absolute atomic E-state index is 9.88. The van der Waals surface area contributed by atoms with Crippen molar-refractivity contribution in [2.45, 2.75) is 45.2 Å². The number of rotatable bonds is 2. The third kappa shape index (κ3) is 1.94. The second kappa shape index (κ2) is 4.10. The van der Waals surface area contributed by atoms with Gasteiger partial charge in [-0.05, 0) is 46.2 Å². The second-order valence-electron chi connectivity index (χ2n) is 5.34. The van der Waals surface area contributed by atoms with E-state index in [0.29, 0.717) is 11.8 Å². The van der Waals surface area contributed by atoms with Crippen LogP contribution in [0.4, 0.5) is 0 Å². The molecule has 0 spiro atoms. The van der Waals surface area contributed by atoms with E-state index in [-0.39, 0.29) is 5.54 Å². The Balaban J connectivity index is 2.26. The fraction of sp³-hybridized carbons (Fsp3) is 0.571. The SMILES string of the molecule is CC(c1ccccc1O)N1CCCC1(C)C. The molecule has 16 heavy (non-hydrogen) atoms. The largest absolute Gasteiger partial charge is 0.508 e. The summed E-state index contributed by atoms with van der Waals surface area (Å²) in [5, 5.41) is 9.88. The summed E-state index contributed by atoms with van der Waals surface area (Å²) in [6, 6.07) is 7.96. The van der Waals surface area contributed by atoms with Crippen LogP contribution in [0.1, 0.15) is 45.2 Å². The fourth-order valence-corrected chi connectivity index (χ4v) is 2.85. The minimum Gasteiger partial charge on any atom is -0.508 e. The van der Waals surface area contributed by atoms with Crippen LogP contribution in [0, 0.1) is 0 Å². The molecule has 1 aromatic rings. The molecule has 88 valence electrons. The zero-order valence-electron chi connectivity index (χ0n) is 10.4. The molecule has 1 aliphatic heterocycles. The first kappa shape index (κ1) is 11.5. The Kier molecular flexibility index (Phi) is 2.94. The van der Waals surface area contributed by atoms with Crippen LogP contribution in [-0.2, 0) is 0 Å². The van der Waals surface area contributed by atoms with Gasteiger partial charge < -0.3 is 5.11 Å². The van der Waals surface area contributed by atoms with Crippen LogP contribution in [0.25, 0.3) is 0 Å². The molecule has 0 amide bonds. The van der Waals surface area contributed by atoms with E-state index in [0.717, 1.165) is 12.1 Å². The lowest BCUT2D eigenvalue weighted by atomic mass is 9.98. The summed E-state index contributed by atoms with van der Waals surface area (Å²) >= 11 is 0. The van der Waals surface area contributed by atoms with Gasteiger partial charge in [-0.3, -0.25) is 4.90 Å². The predicted molar refractivity (Wildman–Crippen MR) is 66.5 cm³/mol. The van der Waals surface area contributed by atoms with Crippen molar-refractivity contribution in [3.63, 3.8) is 0 Å². The molecule has 1 aliphatic rings. The first-order chi connectivity index (χ1) is 7.52. The van der Waals surface area contributed by atoms with E-state index in [2.05, 4.69) is 25.7 Å². The van der Waals surface area contributed by atoms with Crippen molar-refractivity contribution in [1.82, 2.24) is 4.90 Å². The normalized spacial score (nSPS) is 22.2. The van der Waals surface area contributed by atoms with Crippen LogP contribution in [0.5, 0.6) is 5.75 Å². The van der Waals surface area contributed by atoms with Crippen molar-refractivity contribution in [3.05, 3.63) is 29.8 Å². The summed E-state index contributed by atoms with van der Waals surface area (Å²) in [5.74, 6) is 0.415. The molecule has 1 aromatic carbocycles. The van der Waals surface area contributed by atoms with Gasteiger partial charge in [0.25, 0.3) is 0 Å². The summed E-state index contributed by atoms with van der Waals surface area (Å²) in [6.07, 6.45) is 2.50. The highest BCUT2D eigenvalue weighted by Crippen LogP contribution is 2.38. The number of para-hydroxylation sites is 1. The second-order valence-corrected chi connectivity index (χ2v) is 5.34. The van der Waals surface area contributed by atoms with Crippen LogP contribution >= 0.6 is 0 Å². The summed E-state index contributed by atoms with van der Waals surface area (Å²) in [4.78, 5) is 2.49. The number of likely N-dealkylation sites (tertiary alicyclic amines) is 1. The zero-order valence-corrected chi connectivity index (χ0v) is 10.4. The summed E-state index contributed by atoms with van der Waals surface area (Å²) < 4.78 is 0. The standard InChI is InChI=1S/C14H21NO/c1-11(12-7-4-5-8-13(12)16)15-10-6-9-14(15,2)3/h4-5,7-8,11,16H,6,9-10H2,1-3H3. The topological polar surface area (TPSA) is 23.5 Å². The molecular weight excluding hydrogens is 198 g/mol. The molecule has 0 saturated carbocycles. The molecule has 0 radical (unpaired) electrons. The highest BCUT2D eigenvalue weighted by molar-refractivity contribution is 5.34. The van der Waals surface area contributed by atoms with E-state index < -0.39 is 0 Å². The average molecular weight is 219 g/mol. The van der Waals surface area contributed by atoms with Crippen LogP contribution in [0.2, 0.25) is 0 Å². The van der Waals surface area contributed by atoms with Crippen molar-refractivity contribution in [2.75, 3.05) is 6.54 Å². The first-order valence-electron chi connectivity index (χ1n) is 6.07. The van der Waals surface area contributed by atoms with Gasteiger partial charge >= 0.3 is 0 Å². The number of phenols is 1. The Morgan fingerprint density at radius 1 is 1.31 bits per heavy atom. The van der Waals surface area contributed by atoms with E-state index in [4.69, 9.17) is 0 Å². The van der Waals surface area contributed by atoms with Gasteiger partial charge in [0.1, 0.15) is 5.75 Å². The summed E-state index contributed by atoms with van der Waals surface area (Å²) in [6.45, 7) is 7.89. The molecule has 1 fully saturated rings. The number of hydrogen-bond donors (Lipinski definition) is 1. The molecule has 1 heterocycles. The number of hydrogen-bond acceptors (Lipinski definition) is 2. The highest BCUT2D eigenvalue weighted by atomic mass is 16.3. The Hall–Kier alpha value is -1.02. The quantitative estimate of drug-likeness (QED) is 0.824. The molecule has 2 heteroatoms. The van der Waals surface area contributed by atoms with Gasteiger partial charge in [-0.25, -0.2) is 0 Å². The molecule has 0 aliphatic carbocycles. The lowest BCUT2D eigenvalue weighted by molar-refractivity contribution is 0.123. The van der Waals surface area contributed by atoms with Gasteiger partial charge in [-0.15, -0.1) is 0 Å². The van der Waals surface area contributed by atoms with Gasteiger partial charge in [-0.1, -0.05) is 18.2 Å². The number of phenolic OH excluding ortho intramolecular Hbond substituents is 1. The molecule has 0 bridgehead atoms. The Morgan fingerprint density at radius 3 is 2.56 bits per heavy atom. The van der Waals surface area contributed by atoms with Gasteiger partial charge in [0.2, 0.25) is 0 Å². The van der Waals surface area contributed by atoms with Gasteiger partial charge in [0.05, 0.1) is 0 Å². The Bertz CT molecular complexity index is 373. The molecule has 1 unspecified atom stereocenters. The number of benzene rings is 1. The van der Waals surface area contributed by atoms with Gasteiger partial charge in [0, 0.05) is 17.1 Å². The van der Waals surface area contributed by atoms with E-state index >= 15 is 0 Å². The summed E-state index contributed by atoms with van der Waals surface area (Å²) in [7, 11) is 0. The highest BCUT2D eigenvalue weighted by Gasteiger charge is 2.35. The molecular formula is C14H21NO. The van der Waals surface area contributed by atoms with Crippen LogP contribution in [-0.4, -0.2) is 22.1 Å². The van der Waals surface area contributed by atoms with Crippen LogP contribution in [0.15, 0.2) is 24.3 Å². The van der Waals surface area contributed by atoms with Crippen molar-refractivity contribution < 1.29 is 5.11 Å². The molecule has 1 N–H and O–H groups in total. The third-order valence-corrected chi connectivity index (χ3v) is 3.82. The summed E-state index contributed by atoms with van der Waals surface area (Å²) in [5.41, 5.74) is 1.29. The van der Waals surface area contributed by atoms with E-state index in [9.17, 15) is 5.11 Å². The van der Waals surface area contributed by atoms with E-state index in [1.165, 1.54) is 12.8 Å².